The Morgan fingerprint density at radius 2 is 1.88 bits per heavy atom. The summed E-state index contributed by atoms with van der Waals surface area (Å²) in [5, 5.41) is 1.97. The molecule has 0 aromatic carbocycles. The van der Waals surface area contributed by atoms with Gasteiger partial charge in [-0.1, -0.05) is 6.92 Å². The standard InChI is InChI=1S/C15H16F3N3O3S/c1-2-10-9-4-6-25-11(9)3-5-19(10)8-21-13(23)12(22)20(14(21)24)7-15(16,17)18/h4,6,10H,2-3,5,7-8H2,1H3/t10-/m0/s1. The fourth-order valence-corrected chi connectivity index (χ4v) is 4.20. The van der Waals surface area contributed by atoms with Crippen molar-refractivity contribution in [1.82, 2.24) is 14.7 Å². The lowest BCUT2D eigenvalue weighted by molar-refractivity contribution is -0.156. The van der Waals surface area contributed by atoms with E-state index in [1.165, 1.54) is 4.88 Å². The summed E-state index contributed by atoms with van der Waals surface area (Å²) in [4.78, 5) is 39.6. The molecule has 0 saturated carbocycles. The number of alkyl halides is 3. The summed E-state index contributed by atoms with van der Waals surface area (Å²) in [5.74, 6) is -2.64. The van der Waals surface area contributed by atoms with E-state index >= 15 is 0 Å². The Balaban J connectivity index is 1.78. The van der Waals surface area contributed by atoms with Gasteiger partial charge in [-0.15, -0.1) is 11.3 Å². The number of carbonyl (C=O) groups is 3. The van der Waals surface area contributed by atoms with E-state index in [1.807, 2.05) is 23.3 Å². The van der Waals surface area contributed by atoms with Crippen molar-refractivity contribution >= 4 is 29.2 Å². The van der Waals surface area contributed by atoms with Crippen LogP contribution in [0.1, 0.15) is 29.8 Å². The highest BCUT2D eigenvalue weighted by atomic mass is 32.1. The van der Waals surface area contributed by atoms with Crippen LogP contribution in [-0.2, 0) is 16.0 Å². The average molecular weight is 375 g/mol. The van der Waals surface area contributed by atoms with Crippen molar-refractivity contribution in [3.8, 4) is 0 Å². The first-order valence-corrected chi connectivity index (χ1v) is 8.65. The van der Waals surface area contributed by atoms with Gasteiger partial charge >= 0.3 is 24.0 Å². The van der Waals surface area contributed by atoms with Gasteiger partial charge in [0.2, 0.25) is 0 Å². The Morgan fingerprint density at radius 1 is 1.20 bits per heavy atom. The highest BCUT2D eigenvalue weighted by Gasteiger charge is 2.49. The molecule has 1 aromatic heterocycles. The molecule has 4 amide bonds. The maximum Gasteiger partial charge on any atom is 0.406 e. The van der Waals surface area contributed by atoms with Crippen molar-refractivity contribution in [2.45, 2.75) is 32.0 Å². The first-order chi connectivity index (χ1) is 11.7. The van der Waals surface area contributed by atoms with Gasteiger partial charge in [0.25, 0.3) is 0 Å². The van der Waals surface area contributed by atoms with Crippen LogP contribution in [0.4, 0.5) is 18.0 Å². The predicted molar refractivity (Wildman–Crippen MR) is 82.6 cm³/mol. The summed E-state index contributed by atoms with van der Waals surface area (Å²) in [6.45, 7) is 0.583. The Morgan fingerprint density at radius 3 is 2.52 bits per heavy atom. The second kappa shape index (κ2) is 6.41. The molecule has 0 aliphatic carbocycles. The molecule has 1 fully saturated rings. The van der Waals surface area contributed by atoms with E-state index in [0.717, 1.165) is 18.4 Å². The molecule has 0 unspecified atom stereocenters. The van der Waals surface area contributed by atoms with Crippen LogP contribution in [-0.4, -0.2) is 58.5 Å². The van der Waals surface area contributed by atoms with Crippen LogP contribution in [0.15, 0.2) is 11.4 Å². The van der Waals surface area contributed by atoms with Gasteiger partial charge in [0, 0.05) is 17.5 Å². The van der Waals surface area contributed by atoms with Crippen molar-refractivity contribution in [3.05, 3.63) is 21.9 Å². The lowest BCUT2D eigenvalue weighted by Gasteiger charge is -2.36. The van der Waals surface area contributed by atoms with Crippen molar-refractivity contribution in [3.63, 3.8) is 0 Å². The first-order valence-electron chi connectivity index (χ1n) is 7.77. The number of amides is 4. The lowest BCUT2D eigenvalue weighted by Crippen LogP contribution is -2.46. The maximum absolute atomic E-state index is 12.5. The third-order valence-corrected chi connectivity index (χ3v) is 5.38. The molecule has 0 radical (unpaired) electrons. The van der Waals surface area contributed by atoms with Gasteiger partial charge in [0.1, 0.15) is 6.54 Å². The van der Waals surface area contributed by atoms with E-state index in [9.17, 15) is 27.6 Å². The van der Waals surface area contributed by atoms with E-state index in [2.05, 4.69) is 0 Å². The first kappa shape index (κ1) is 17.9. The number of hydrogen-bond donors (Lipinski definition) is 0. The van der Waals surface area contributed by atoms with Crippen LogP contribution in [0, 0.1) is 0 Å². The highest BCUT2D eigenvalue weighted by Crippen LogP contribution is 2.35. The van der Waals surface area contributed by atoms with Crippen molar-refractivity contribution < 1.29 is 27.6 Å². The summed E-state index contributed by atoms with van der Waals surface area (Å²) in [7, 11) is 0. The summed E-state index contributed by atoms with van der Waals surface area (Å²) >= 11 is 1.64. The minimum atomic E-state index is -4.75. The second-order valence-electron chi connectivity index (χ2n) is 5.95. The number of halogens is 3. The second-order valence-corrected chi connectivity index (χ2v) is 6.95. The zero-order chi connectivity index (χ0) is 18.4. The highest BCUT2D eigenvalue weighted by molar-refractivity contribution is 7.10. The average Bonchev–Trinajstić information content (AvgIpc) is 3.09. The monoisotopic (exact) mass is 375 g/mol. The number of thiophene rings is 1. The van der Waals surface area contributed by atoms with Gasteiger partial charge in [0.15, 0.2) is 0 Å². The quantitative estimate of drug-likeness (QED) is 0.599. The van der Waals surface area contributed by atoms with E-state index in [0.29, 0.717) is 11.4 Å². The van der Waals surface area contributed by atoms with Crippen molar-refractivity contribution in [2.75, 3.05) is 19.8 Å². The summed E-state index contributed by atoms with van der Waals surface area (Å²) in [6.07, 6.45) is -3.29. The predicted octanol–water partition coefficient (Wildman–Crippen LogP) is 2.37. The number of carbonyl (C=O) groups excluding carboxylic acids is 3. The molecule has 0 bridgehead atoms. The molecule has 2 aliphatic rings. The molecule has 2 aliphatic heterocycles. The summed E-state index contributed by atoms with van der Waals surface area (Å²) < 4.78 is 37.6. The molecule has 25 heavy (non-hydrogen) atoms. The smallest absolute Gasteiger partial charge is 0.278 e. The zero-order valence-corrected chi connectivity index (χ0v) is 14.2. The molecule has 1 atom stereocenters. The van der Waals surface area contributed by atoms with E-state index in [1.54, 1.807) is 11.3 Å². The van der Waals surface area contributed by atoms with Crippen LogP contribution >= 0.6 is 11.3 Å². The molecule has 1 saturated heterocycles. The van der Waals surface area contributed by atoms with Crippen molar-refractivity contribution in [1.29, 1.82) is 0 Å². The van der Waals surface area contributed by atoms with Crippen LogP contribution < -0.4 is 0 Å². The molecule has 136 valence electrons. The number of rotatable bonds is 4. The summed E-state index contributed by atoms with van der Waals surface area (Å²) in [6, 6.07) is 0.732. The van der Waals surface area contributed by atoms with Crippen LogP contribution in [0.25, 0.3) is 0 Å². The Hall–Kier alpha value is -1.94. The number of urea groups is 1. The Kier molecular flexibility index (Phi) is 4.58. The van der Waals surface area contributed by atoms with Gasteiger partial charge in [-0.25, -0.2) is 14.6 Å². The molecule has 3 rings (SSSR count). The van der Waals surface area contributed by atoms with E-state index in [-0.39, 0.29) is 17.6 Å². The van der Waals surface area contributed by atoms with Gasteiger partial charge in [-0.05, 0) is 29.9 Å². The third-order valence-electron chi connectivity index (χ3n) is 4.39. The third kappa shape index (κ3) is 3.28. The number of hydrogen-bond acceptors (Lipinski definition) is 5. The van der Waals surface area contributed by atoms with Gasteiger partial charge in [-0.2, -0.15) is 13.2 Å². The minimum absolute atomic E-state index is 0.0384. The van der Waals surface area contributed by atoms with E-state index in [4.69, 9.17) is 0 Å². The maximum atomic E-state index is 12.5. The number of fused-ring (bicyclic) bond motifs is 1. The Bertz CT molecular complexity index is 718. The Labute approximate surface area is 145 Å². The number of nitrogens with zero attached hydrogens (tertiary/aromatic N) is 3. The summed E-state index contributed by atoms with van der Waals surface area (Å²) in [5.41, 5.74) is 1.11. The molecule has 0 N–H and O–H groups in total. The number of imide groups is 2. The molecule has 0 spiro atoms. The lowest BCUT2D eigenvalue weighted by atomic mass is 9.98. The normalized spacial score (nSPS) is 22.1. The van der Waals surface area contributed by atoms with Gasteiger partial charge in [-0.3, -0.25) is 14.5 Å². The fourth-order valence-electron chi connectivity index (χ4n) is 3.27. The molecule has 6 nitrogen and oxygen atoms in total. The topological polar surface area (TPSA) is 60.9 Å². The molecule has 3 heterocycles. The molecule has 1 aromatic rings. The zero-order valence-electron chi connectivity index (χ0n) is 13.4. The SMILES string of the molecule is CC[C@H]1c2ccsc2CCN1CN1C(=O)C(=O)N(CC(F)(F)F)C1=O. The largest absolute Gasteiger partial charge is 0.406 e. The van der Waals surface area contributed by atoms with E-state index < -0.39 is 30.6 Å². The van der Waals surface area contributed by atoms with Crippen LogP contribution in [0.3, 0.4) is 0 Å². The van der Waals surface area contributed by atoms with Gasteiger partial charge < -0.3 is 0 Å². The van der Waals surface area contributed by atoms with Crippen LogP contribution in [0.5, 0.6) is 0 Å². The minimum Gasteiger partial charge on any atom is -0.278 e. The molecular weight excluding hydrogens is 359 g/mol. The fraction of sp³-hybridized carbons (Fsp3) is 0.533. The van der Waals surface area contributed by atoms with Crippen LogP contribution in [0.2, 0.25) is 0 Å². The molecular formula is C15H16F3N3O3S. The molecule has 10 heteroatoms. The van der Waals surface area contributed by atoms with Gasteiger partial charge in [0.05, 0.1) is 6.67 Å². The van der Waals surface area contributed by atoms with Crippen molar-refractivity contribution in [2.24, 2.45) is 0 Å².